The van der Waals surface area contributed by atoms with Crippen LogP contribution in [0.3, 0.4) is 0 Å². The van der Waals surface area contributed by atoms with Gasteiger partial charge in [0, 0.05) is 12.6 Å². The third-order valence-electron chi connectivity index (χ3n) is 3.09. The minimum absolute atomic E-state index is 0.0292. The van der Waals surface area contributed by atoms with Gasteiger partial charge in [-0.15, -0.1) is 0 Å². The largest absolute Gasteiger partial charge is 0.391 e. The number of hydrogen-bond acceptors (Lipinski definition) is 3. The van der Waals surface area contributed by atoms with E-state index in [1.54, 1.807) is 0 Å². The van der Waals surface area contributed by atoms with Crippen LogP contribution in [-0.2, 0) is 4.79 Å². The Labute approximate surface area is 104 Å². The van der Waals surface area contributed by atoms with E-state index in [2.05, 4.69) is 31.0 Å². The molecule has 100 valence electrons. The molecule has 0 radical (unpaired) electrons. The molecule has 17 heavy (non-hydrogen) atoms. The molecule has 1 atom stereocenters. The fourth-order valence-electron chi connectivity index (χ4n) is 2.04. The number of likely N-dealkylation sites (N-methyl/N-ethyl adjacent to an activating group) is 1. The maximum Gasteiger partial charge on any atom is 0.234 e. The summed E-state index contributed by atoms with van der Waals surface area (Å²) in [4.78, 5) is 13.9. The molecule has 0 aromatic heterocycles. The van der Waals surface area contributed by atoms with Crippen molar-refractivity contribution in [1.29, 1.82) is 0 Å². The summed E-state index contributed by atoms with van der Waals surface area (Å²) in [6.07, 6.45) is 2.75. The van der Waals surface area contributed by atoms with Crippen molar-refractivity contribution in [2.75, 3.05) is 19.6 Å². The van der Waals surface area contributed by atoms with E-state index in [-0.39, 0.29) is 5.91 Å². The average Bonchev–Trinajstić information content (AvgIpc) is 3.06. The maximum atomic E-state index is 11.7. The number of nitrogens with one attached hydrogen (secondary N) is 1. The molecule has 0 heterocycles. The highest BCUT2D eigenvalue weighted by molar-refractivity contribution is 5.78. The van der Waals surface area contributed by atoms with Gasteiger partial charge in [-0.05, 0) is 31.7 Å². The van der Waals surface area contributed by atoms with E-state index < -0.39 is 6.10 Å². The molecule has 1 aliphatic rings. The van der Waals surface area contributed by atoms with E-state index in [0.717, 1.165) is 13.0 Å². The Morgan fingerprint density at radius 2 is 2.12 bits per heavy atom. The van der Waals surface area contributed by atoms with Gasteiger partial charge >= 0.3 is 0 Å². The highest BCUT2D eigenvalue weighted by atomic mass is 16.3. The lowest BCUT2D eigenvalue weighted by molar-refractivity contribution is -0.122. The smallest absolute Gasteiger partial charge is 0.234 e. The van der Waals surface area contributed by atoms with Crippen molar-refractivity contribution in [3.8, 4) is 0 Å². The van der Waals surface area contributed by atoms with Gasteiger partial charge in [0.1, 0.15) is 0 Å². The SMILES string of the molecule is CCN(CC(=O)NCC(O)CC(C)C)C1CC1. The number of hydrogen-bond donors (Lipinski definition) is 2. The predicted molar refractivity (Wildman–Crippen MR) is 68.7 cm³/mol. The van der Waals surface area contributed by atoms with Gasteiger partial charge in [0.25, 0.3) is 0 Å². The van der Waals surface area contributed by atoms with Gasteiger partial charge in [0.15, 0.2) is 0 Å². The molecule has 1 rings (SSSR count). The molecule has 1 saturated carbocycles. The van der Waals surface area contributed by atoms with Gasteiger partial charge in [0.05, 0.1) is 12.6 Å². The summed E-state index contributed by atoms with van der Waals surface area (Å²) >= 11 is 0. The summed E-state index contributed by atoms with van der Waals surface area (Å²) in [5, 5.41) is 12.5. The molecular weight excluding hydrogens is 216 g/mol. The highest BCUT2D eigenvalue weighted by Gasteiger charge is 2.28. The van der Waals surface area contributed by atoms with Crippen LogP contribution in [0.15, 0.2) is 0 Å². The molecule has 2 N–H and O–H groups in total. The summed E-state index contributed by atoms with van der Waals surface area (Å²) < 4.78 is 0. The van der Waals surface area contributed by atoms with Crippen LogP contribution in [0.25, 0.3) is 0 Å². The first kappa shape index (κ1) is 14.5. The molecule has 1 unspecified atom stereocenters. The standard InChI is InChI=1S/C13H26N2O2/c1-4-15(11-5-6-11)9-13(17)14-8-12(16)7-10(2)3/h10-12,16H,4-9H2,1-3H3,(H,14,17). The van der Waals surface area contributed by atoms with Crippen LogP contribution in [0.2, 0.25) is 0 Å². The van der Waals surface area contributed by atoms with Crippen molar-refractivity contribution < 1.29 is 9.90 Å². The van der Waals surface area contributed by atoms with Crippen LogP contribution in [0, 0.1) is 5.92 Å². The quantitative estimate of drug-likeness (QED) is 0.667. The zero-order valence-corrected chi connectivity index (χ0v) is 11.3. The van der Waals surface area contributed by atoms with Crippen molar-refractivity contribution >= 4 is 5.91 Å². The number of amides is 1. The normalized spacial score (nSPS) is 17.5. The molecule has 0 aromatic rings. The molecule has 1 amide bonds. The Morgan fingerprint density at radius 1 is 1.47 bits per heavy atom. The third-order valence-corrected chi connectivity index (χ3v) is 3.09. The lowest BCUT2D eigenvalue weighted by atomic mass is 10.1. The molecule has 0 aliphatic heterocycles. The van der Waals surface area contributed by atoms with Crippen LogP contribution >= 0.6 is 0 Å². The Kier molecular flexibility index (Phi) is 5.92. The highest BCUT2D eigenvalue weighted by Crippen LogP contribution is 2.25. The van der Waals surface area contributed by atoms with Gasteiger partial charge in [-0.2, -0.15) is 0 Å². The van der Waals surface area contributed by atoms with Crippen LogP contribution in [0.1, 0.15) is 40.0 Å². The molecule has 4 heteroatoms. The fraction of sp³-hybridized carbons (Fsp3) is 0.923. The second-order valence-electron chi connectivity index (χ2n) is 5.38. The minimum Gasteiger partial charge on any atom is -0.391 e. The molecule has 1 aliphatic carbocycles. The number of carbonyl (C=O) groups excluding carboxylic acids is 1. The number of rotatable bonds is 8. The monoisotopic (exact) mass is 242 g/mol. The third kappa shape index (κ3) is 6.03. The van der Waals surface area contributed by atoms with Crippen molar-refractivity contribution in [1.82, 2.24) is 10.2 Å². The van der Waals surface area contributed by atoms with Gasteiger partial charge in [-0.25, -0.2) is 0 Å². The molecular formula is C13H26N2O2. The number of aliphatic hydroxyl groups is 1. The molecule has 0 saturated heterocycles. The van der Waals surface area contributed by atoms with Gasteiger partial charge < -0.3 is 10.4 Å². The average molecular weight is 242 g/mol. The zero-order valence-electron chi connectivity index (χ0n) is 11.3. The summed E-state index contributed by atoms with van der Waals surface area (Å²) in [7, 11) is 0. The van der Waals surface area contributed by atoms with Crippen LogP contribution in [0.4, 0.5) is 0 Å². The van der Waals surface area contributed by atoms with Crippen LogP contribution in [0.5, 0.6) is 0 Å². The van der Waals surface area contributed by atoms with E-state index in [1.165, 1.54) is 12.8 Å². The lowest BCUT2D eigenvalue weighted by Gasteiger charge is -2.20. The topological polar surface area (TPSA) is 52.6 Å². The van der Waals surface area contributed by atoms with Crippen LogP contribution < -0.4 is 5.32 Å². The minimum atomic E-state index is -0.421. The van der Waals surface area contributed by atoms with Crippen LogP contribution in [-0.4, -0.2) is 47.7 Å². The number of nitrogens with zero attached hydrogens (tertiary/aromatic N) is 1. The fourth-order valence-corrected chi connectivity index (χ4v) is 2.04. The van der Waals surface area contributed by atoms with Crippen molar-refractivity contribution in [3.63, 3.8) is 0 Å². The Hall–Kier alpha value is -0.610. The summed E-state index contributed by atoms with van der Waals surface area (Å²) in [6, 6.07) is 0.617. The van der Waals surface area contributed by atoms with E-state index in [9.17, 15) is 9.90 Å². The molecule has 0 spiro atoms. The van der Waals surface area contributed by atoms with Gasteiger partial charge in [-0.1, -0.05) is 20.8 Å². The molecule has 4 nitrogen and oxygen atoms in total. The first-order valence-electron chi connectivity index (χ1n) is 6.71. The molecule has 1 fully saturated rings. The maximum absolute atomic E-state index is 11.7. The van der Waals surface area contributed by atoms with Crippen molar-refractivity contribution in [3.05, 3.63) is 0 Å². The number of aliphatic hydroxyl groups excluding tert-OH is 1. The second kappa shape index (κ2) is 6.97. The number of carbonyl (C=O) groups is 1. The first-order chi connectivity index (χ1) is 8.02. The molecule has 0 bridgehead atoms. The van der Waals surface area contributed by atoms with Crippen molar-refractivity contribution in [2.45, 2.75) is 52.2 Å². The van der Waals surface area contributed by atoms with E-state index in [4.69, 9.17) is 0 Å². The summed E-state index contributed by atoms with van der Waals surface area (Å²) in [5.41, 5.74) is 0. The Balaban J connectivity index is 2.15. The van der Waals surface area contributed by atoms with Gasteiger partial charge in [0.2, 0.25) is 5.91 Å². The second-order valence-corrected chi connectivity index (χ2v) is 5.38. The molecule has 0 aromatic carbocycles. The Morgan fingerprint density at radius 3 is 2.59 bits per heavy atom. The predicted octanol–water partition coefficient (Wildman–Crippen LogP) is 0.994. The zero-order chi connectivity index (χ0) is 12.8. The summed E-state index contributed by atoms with van der Waals surface area (Å²) in [5.74, 6) is 0.488. The van der Waals surface area contributed by atoms with E-state index >= 15 is 0 Å². The van der Waals surface area contributed by atoms with Gasteiger partial charge in [-0.3, -0.25) is 9.69 Å². The van der Waals surface area contributed by atoms with Crippen molar-refractivity contribution in [2.24, 2.45) is 5.92 Å². The lowest BCUT2D eigenvalue weighted by Crippen LogP contribution is -2.41. The Bertz CT molecular complexity index is 240. The summed E-state index contributed by atoms with van der Waals surface area (Å²) in [6.45, 7) is 7.98. The first-order valence-corrected chi connectivity index (χ1v) is 6.71. The van der Waals surface area contributed by atoms with E-state index in [0.29, 0.717) is 25.0 Å². The van der Waals surface area contributed by atoms with E-state index in [1.807, 2.05) is 0 Å².